The van der Waals surface area contributed by atoms with Crippen LogP contribution in [0.3, 0.4) is 0 Å². The van der Waals surface area contributed by atoms with Crippen LogP contribution in [0.4, 0.5) is 5.69 Å². The number of likely N-dealkylation sites (N-methyl/N-ethyl adjacent to an activating group) is 1. The fourth-order valence-electron chi connectivity index (χ4n) is 3.94. The first-order valence-electron chi connectivity index (χ1n) is 9.91. The third-order valence-electron chi connectivity index (χ3n) is 5.59. The molecule has 2 saturated heterocycles. The first-order valence-corrected chi connectivity index (χ1v) is 9.91. The van der Waals surface area contributed by atoms with Crippen LogP contribution in [0, 0.1) is 0 Å². The van der Waals surface area contributed by atoms with Gasteiger partial charge in [-0.25, -0.2) is 9.59 Å². The van der Waals surface area contributed by atoms with Gasteiger partial charge in [0.15, 0.2) is 0 Å². The number of pyridine rings is 2. The molecule has 2 N–H and O–H groups in total. The quantitative estimate of drug-likeness (QED) is 0.741. The second kappa shape index (κ2) is 9.98. The molecule has 0 aliphatic carbocycles. The van der Waals surface area contributed by atoms with Crippen LogP contribution in [0.25, 0.3) is 11.3 Å². The topological polar surface area (TPSA) is 107 Å². The highest BCUT2D eigenvalue weighted by molar-refractivity contribution is 5.89. The highest BCUT2D eigenvalue weighted by Crippen LogP contribution is 2.30. The van der Waals surface area contributed by atoms with E-state index >= 15 is 0 Å². The zero-order valence-electron chi connectivity index (χ0n) is 16.9. The molecule has 0 saturated carbocycles. The molecular weight excluding hydrogens is 384 g/mol. The van der Waals surface area contributed by atoms with Crippen LogP contribution >= 0.6 is 0 Å². The molecule has 2 aliphatic rings. The van der Waals surface area contributed by atoms with Gasteiger partial charge in [-0.05, 0) is 50.6 Å². The molecule has 0 spiro atoms. The summed E-state index contributed by atoms with van der Waals surface area (Å²) in [4.78, 5) is 33.0. The highest BCUT2D eigenvalue weighted by Gasteiger charge is 2.34. The minimum absolute atomic E-state index is 0.558. The monoisotopic (exact) mass is 410 g/mol. The van der Waals surface area contributed by atoms with E-state index in [9.17, 15) is 9.59 Å². The van der Waals surface area contributed by atoms with Crippen molar-refractivity contribution >= 4 is 17.6 Å². The van der Waals surface area contributed by atoms with E-state index in [1.807, 2.05) is 18.5 Å². The molecule has 30 heavy (non-hydrogen) atoms. The minimum Gasteiger partial charge on any atom is -0.478 e. The van der Waals surface area contributed by atoms with Crippen molar-refractivity contribution in [2.75, 3.05) is 25.0 Å². The van der Waals surface area contributed by atoms with E-state index in [0.717, 1.165) is 30.4 Å². The average Bonchev–Trinajstić information content (AvgIpc) is 2.99. The van der Waals surface area contributed by atoms with Crippen LogP contribution in [0.15, 0.2) is 55.0 Å². The van der Waals surface area contributed by atoms with E-state index in [1.165, 1.54) is 24.9 Å². The van der Waals surface area contributed by atoms with Gasteiger partial charge in [0, 0.05) is 55.3 Å². The van der Waals surface area contributed by atoms with E-state index in [0.29, 0.717) is 18.2 Å². The Balaban J connectivity index is 0.000000275. The minimum atomic E-state index is -1.26. The van der Waals surface area contributed by atoms with Crippen LogP contribution in [-0.2, 0) is 9.59 Å². The predicted octanol–water partition coefficient (Wildman–Crippen LogP) is 2.53. The molecule has 8 heteroatoms. The summed E-state index contributed by atoms with van der Waals surface area (Å²) < 4.78 is 0. The normalized spacial score (nSPS) is 21.0. The zero-order valence-corrected chi connectivity index (χ0v) is 16.9. The number of hydrogen-bond acceptors (Lipinski definition) is 6. The lowest BCUT2D eigenvalue weighted by molar-refractivity contribution is -0.134. The molecule has 0 radical (unpaired) electrons. The van der Waals surface area contributed by atoms with Crippen molar-refractivity contribution in [2.24, 2.45) is 0 Å². The van der Waals surface area contributed by atoms with E-state index < -0.39 is 11.9 Å². The van der Waals surface area contributed by atoms with Gasteiger partial charge in [-0.2, -0.15) is 0 Å². The fourth-order valence-corrected chi connectivity index (χ4v) is 3.94. The second-order valence-electron chi connectivity index (χ2n) is 7.44. The van der Waals surface area contributed by atoms with Gasteiger partial charge in [0.25, 0.3) is 0 Å². The third kappa shape index (κ3) is 5.64. The standard InChI is InChI=1S/C18H22N4.C4H4O4/c1-21-15-4-5-17(21)13-22(10-8-15)16-6-7-18(20-12-16)14-3-2-9-19-11-14;5-3(6)1-2-4(7)8/h2-3,6-7,9,11-12,15,17H,4-5,8,10,13H2,1H3;1-2H,(H,5,6)(H,7,8)/b;2-1+. The van der Waals surface area contributed by atoms with Crippen molar-refractivity contribution in [1.82, 2.24) is 14.9 Å². The molecule has 2 bridgehead atoms. The van der Waals surface area contributed by atoms with Crippen molar-refractivity contribution in [3.63, 3.8) is 0 Å². The Labute approximate surface area is 175 Å². The molecule has 4 heterocycles. The molecule has 2 aromatic heterocycles. The van der Waals surface area contributed by atoms with Crippen molar-refractivity contribution < 1.29 is 19.8 Å². The van der Waals surface area contributed by atoms with Gasteiger partial charge in [-0.15, -0.1) is 0 Å². The summed E-state index contributed by atoms with van der Waals surface area (Å²) >= 11 is 0. The number of carboxylic acid groups (broad SMARTS) is 2. The summed E-state index contributed by atoms with van der Waals surface area (Å²) in [6.07, 6.45) is 10.7. The molecule has 2 aliphatic heterocycles. The SMILES string of the molecule is CN1C2CCC1CN(c1ccc(-c3cccnc3)nc1)CC2.O=C(O)/C=C/C(=O)O. The Morgan fingerprint density at radius 1 is 1.03 bits per heavy atom. The number of nitrogens with zero attached hydrogens (tertiary/aromatic N) is 4. The molecule has 158 valence electrons. The van der Waals surface area contributed by atoms with Gasteiger partial charge in [0.1, 0.15) is 0 Å². The Kier molecular flexibility index (Phi) is 7.13. The third-order valence-corrected chi connectivity index (χ3v) is 5.59. The maximum atomic E-state index is 9.55. The number of carboxylic acids is 2. The lowest BCUT2D eigenvalue weighted by Crippen LogP contribution is -2.36. The van der Waals surface area contributed by atoms with E-state index in [4.69, 9.17) is 10.2 Å². The van der Waals surface area contributed by atoms with E-state index in [1.54, 1.807) is 6.20 Å². The summed E-state index contributed by atoms with van der Waals surface area (Å²) in [5.41, 5.74) is 3.31. The number of hydrogen-bond donors (Lipinski definition) is 2. The molecule has 2 atom stereocenters. The van der Waals surface area contributed by atoms with Crippen molar-refractivity contribution in [3.8, 4) is 11.3 Å². The van der Waals surface area contributed by atoms with Gasteiger partial charge in [-0.3, -0.25) is 14.9 Å². The Morgan fingerprint density at radius 3 is 2.37 bits per heavy atom. The van der Waals surface area contributed by atoms with Crippen molar-refractivity contribution in [2.45, 2.75) is 31.3 Å². The average molecular weight is 410 g/mol. The van der Waals surface area contributed by atoms with Crippen LogP contribution in [0.2, 0.25) is 0 Å². The number of aromatic nitrogens is 2. The van der Waals surface area contributed by atoms with Gasteiger partial charge >= 0.3 is 11.9 Å². The molecule has 2 fully saturated rings. The number of rotatable bonds is 4. The van der Waals surface area contributed by atoms with Crippen molar-refractivity contribution in [3.05, 3.63) is 55.0 Å². The summed E-state index contributed by atoms with van der Waals surface area (Å²) in [5, 5.41) is 15.6. The van der Waals surface area contributed by atoms with Crippen LogP contribution in [-0.4, -0.2) is 69.2 Å². The summed E-state index contributed by atoms with van der Waals surface area (Å²) in [5.74, 6) is -2.51. The number of fused-ring (bicyclic) bond motifs is 2. The fraction of sp³-hybridized carbons (Fsp3) is 0.364. The smallest absolute Gasteiger partial charge is 0.328 e. The molecule has 2 aromatic rings. The van der Waals surface area contributed by atoms with Gasteiger partial charge in [-0.1, -0.05) is 0 Å². The second-order valence-corrected chi connectivity index (χ2v) is 7.44. The Bertz CT molecular complexity index is 870. The van der Waals surface area contributed by atoms with Crippen molar-refractivity contribution in [1.29, 1.82) is 0 Å². The molecule has 4 rings (SSSR count). The molecule has 8 nitrogen and oxygen atoms in total. The molecular formula is C22H26N4O4. The van der Waals surface area contributed by atoms with E-state index in [2.05, 4.69) is 45.0 Å². The first-order chi connectivity index (χ1) is 14.4. The lowest BCUT2D eigenvalue weighted by Gasteiger charge is -2.27. The Hall–Kier alpha value is -3.26. The zero-order chi connectivity index (χ0) is 21.5. The molecule has 0 aromatic carbocycles. The summed E-state index contributed by atoms with van der Waals surface area (Å²) in [6, 6.07) is 9.79. The first kappa shape index (κ1) is 21.4. The number of carbonyl (C=O) groups is 2. The van der Waals surface area contributed by atoms with Gasteiger partial charge in [0.05, 0.1) is 17.6 Å². The lowest BCUT2D eigenvalue weighted by atomic mass is 10.1. The van der Waals surface area contributed by atoms with Gasteiger partial charge in [0.2, 0.25) is 0 Å². The summed E-state index contributed by atoms with van der Waals surface area (Å²) in [7, 11) is 2.29. The van der Waals surface area contributed by atoms with Gasteiger partial charge < -0.3 is 15.1 Å². The predicted molar refractivity (Wildman–Crippen MR) is 113 cm³/mol. The van der Waals surface area contributed by atoms with Crippen LogP contribution in [0.1, 0.15) is 19.3 Å². The van der Waals surface area contributed by atoms with E-state index in [-0.39, 0.29) is 0 Å². The molecule has 2 unspecified atom stereocenters. The summed E-state index contributed by atoms with van der Waals surface area (Å²) in [6.45, 7) is 2.26. The van der Waals surface area contributed by atoms with Crippen LogP contribution in [0.5, 0.6) is 0 Å². The Morgan fingerprint density at radius 2 is 1.77 bits per heavy atom. The number of anilines is 1. The largest absolute Gasteiger partial charge is 0.478 e. The maximum absolute atomic E-state index is 9.55. The van der Waals surface area contributed by atoms with Crippen LogP contribution < -0.4 is 4.90 Å². The highest BCUT2D eigenvalue weighted by atomic mass is 16.4. The maximum Gasteiger partial charge on any atom is 0.328 e. The number of aliphatic carboxylic acids is 2. The molecule has 0 amide bonds.